The van der Waals surface area contributed by atoms with Crippen LogP contribution in [0, 0.1) is 0 Å². The highest BCUT2D eigenvalue weighted by atomic mass is 79.9. The molecule has 0 aliphatic carbocycles. The molecule has 6 heteroatoms. The second-order valence-corrected chi connectivity index (χ2v) is 6.11. The lowest BCUT2D eigenvalue weighted by Gasteiger charge is -2.36. The largest absolute Gasteiger partial charge is 0.324 e. The number of nitrogens with one attached hydrogen (secondary N) is 2. The van der Waals surface area contributed by atoms with Crippen molar-refractivity contribution in [2.45, 2.75) is 18.4 Å². The summed E-state index contributed by atoms with van der Waals surface area (Å²) >= 11 is 3.42. The number of carbonyl (C=O) groups is 1. The van der Waals surface area contributed by atoms with Gasteiger partial charge in [0.05, 0.1) is 0 Å². The molecule has 0 spiro atoms. The number of hydrogen-bond acceptors (Lipinski definition) is 3. The standard InChI is InChI=1S/C15H17BrN4O/c16-12-3-1-4-13(11-12)19-14(21)15(5-8-17-9-6-15)20-10-2-7-18-20/h1-4,7,10-11,17H,5-6,8-9H2,(H,19,21). The maximum Gasteiger partial charge on any atom is 0.252 e. The summed E-state index contributed by atoms with van der Waals surface area (Å²) in [6.45, 7) is 1.62. The van der Waals surface area contributed by atoms with Crippen LogP contribution in [0.15, 0.2) is 47.2 Å². The third kappa shape index (κ3) is 2.87. The Hall–Kier alpha value is -1.66. The number of anilines is 1. The number of benzene rings is 1. The van der Waals surface area contributed by atoms with Gasteiger partial charge in [-0.2, -0.15) is 5.10 Å². The van der Waals surface area contributed by atoms with Crippen LogP contribution in [0.2, 0.25) is 0 Å². The molecule has 1 aromatic carbocycles. The van der Waals surface area contributed by atoms with Gasteiger partial charge in [-0.3, -0.25) is 9.48 Å². The van der Waals surface area contributed by atoms with Gasteiger partial charge in [-0.15, -0.1) is 0 Å². The summed E-state index contributed by atoms with van der Waals surface area (Å²) in [7, 11) is 0. The lowest BCUT2D eigenvalue weighted by molar-refractivity contribution is -0.126. The van der Waals surface area contributed by atoms with Gasteiger partial charge in [0, 0.05) is 22.6 Å². The lowest BCUT2D eigenvalue weighted by Crippen LogP contribution is -2.52. The monoisotopic (exact) mass is 348 g/mol. The van der Waals surface area contributed by atoms with Gasteiger partial charge in [0.2, 0.25) is 0 Å². The first-order chi connectivity index (χ1) is 10.2. The molecule has 1 amide bonds. The molecule has 0 saturated carbocycles. The highest BCUT2D eigenvalue weighted by Crippen LogP contribution is 2.29. The van der Waals surface area contributed by atoms with Crippen molar-refractivity contribution in [2.24, 2.45) is 0 Å². The quantitative estimate of drug-likeness (QED) is 0.895. The minimum Gasteiger partial charge on any atom is -0.324 e. The Morgan fingerprint density at radius 1 is 1.33 bits per heavy atom. The van der Waals surface area contributed by atoms with E-state index in [9.17, 15) is 4.79 Å². The van der Waals surface area contributed by atoms with E-state index in [-0.39, 0.29) is 5.91 Å². The summed E-state index contributed by atoms with van der Waals surface area (Å²) in [4.78, 5) is 12.9. The third-order valence-corrected chi connectivity index (χ3v) is 4.37. The zero-order valence-corrected chi connectivity index (χ0v) is 13.1. The summed E-state index contributed by atoms with van der Waals surface area (Å²) in [5.74, 6) is -0.00852. The molecule has 0 unspecified atom stereocenters. The average Bonchev–Trinajstić information content (AvgIpc) is 3.02. The molecule has 0 atom stereocenters. The number of halogens is 1. The van der Waals surface area contributed by atoms with Gasteiger partial charge in [0.25, 0.3) is 5.91 Å². The van der Waals surface area contributed by atoms with Crippen LogP contribution >= 0.6 is 15.9 Å². The smallest absolute Gasteiger partial charge is 0.252 e. The molecule has 1 aromatic heterocycles. The van der Waals surface area contributed by atoms with E-state index >= 15 is 0 Å². The van der Waals surface area contributed by atoms with Gasteiger partial charge in [-0.1, -0.05) is 22.0 Å². The number of rotatable bonds is 3. The maximum absolute atomic E-state index is 12.9. The van der Waals surface area contributed by atoms with Gasteiger partial charge in [-0.25, -0.2) is 0 Å². The predicted molar refractivity (Wildman–Crippen MR) is 85.1 cm³/mol. The fourth-order valence-corrected chi connectivity index (χ4v) is 3.14. The van der Waals surface area contributed by atoms with Crippen molar-refractivity contribution in [3.05, 3.63) is 47.2 Å². The predicted octanol–water partition coefficient (Wildman–Crippen LogP) is 2.36. The highest BCUT2D eigenvalue weighted by molar-refractivity contribution is 9.10. The van der Waals surface area contributed by atoms with Gasteiger partial charge < -0.3 is 10.6 Å². The molecular formula is C15H17BrN4O. The Morgan fingerprint density at radius 3 is 2.81 bits per heavy atom. The van der Waals surface area contributed by atoms with E-state index in [2.05, 4.69) is 31.7 Å². The highest BCUT2D eigenvalue weighted by Gasteiger charge is 2.41. The van der Waals surface area contributed by atoms with Gasteiger partial charge in [0.1, 0.15) is 5.54 Å². The number of hydrogen-bond donors (Lipinski definition) is 2. The fraction of sp³-hybridized carbons (Fsp3) is 0.333. The van der Waals surface area contributed by atoms with E-state index in [0.29, 0.717) is 0 Å². The number of amides is 1. The normalized spacial score (nSPS) is 17.4. The van der Waals surface area contributed by atoms with E-state index in [1.165, 1.54) is 0 Å². The van der Waals surface area contributed by atoms with Crippen LogP contribution in [0.4, 0.5) is 5.69 Å². The zero-order valence-electron chi connectivity index (χ0n) is 11.6. The van der Waals surface area contributed by atoms with Crippen molar-refractivity contribution in [1.82, 2.24) is 15.1 Å². The molecule has 0 bridgehead atoms. The molecule has 21 heavy (non-hydrogen) atoms. The van der Waals surface area contributed by atoms with Crippen molar-refractivity contribution < 1.29 is 4.79 Å². The molecule has 5 nitrogen and oxygen atoms in total. The van der Waals surface area contributed by atoms with Gasteiger partial charge in [-0.05, 0) is 50.2 Å². The SMILES string of the molecule is O=C(Nc1cccc(Br)c1)C1(n2cccn2)CCNCC1. The molecule has 2 N–H and O–H groups in total. The van der Waals surface area contributed by atoms with Crippen LogP contribution in [0.25, 0.3) is 0 Å². The summed E-state index contributed by atoms with van der Waals surface area (Å²) in [5, 5.41) is 10.6. The first-order valence-corrected chi connectivity index (χ1v) is 7.78. The van der Waals surface area contributed by atoms with Gasteiger partial charge >= 0.3 is 0 Å². The Bertz CT molecular complexity index is 620. The summed E-state index contributed by atoms with van der Waals surface area (Å²) < 4.78 is 2.74. The summed E-state index contributed by atoms with van der Waals surface area (Å²) in [5.41, 5.74) is 0.177. The molecule has 1 saturated heterocycles. The number of nitrogens with zero attached hydrogens (tertiary/aromatic N) is 2. The lowest BCUT2D eigenvalue weighted by atomic mass is 9.87. The van der Waals surface area contributed by atoms with Crippen molar-refractivity contribution in [3.8, 4) is 0 Å². The number of aromatic nitrogens is 2. The Balaban J connectivity index is 1.88. The van der Waals surface area contributed by atoms with Gasteiger partial charge in [0.15, 0.2) is 0 Å². The number of piperidine rings is 1. The topological polar surface area (TPSA) is 59.0 Å². The maximum atomic E-state index is 12.9. The van der Waals surface area contributed by atoms with Crippen LogP contribution < -0.4 is 10.6 Å². The van der Waals surface area contributed by atoms with Crippen molar-refractivity contribution in [2.75, 3.05) is 18.4 Å². The first-order valence-electron chi connectivity index (χ1n) is 6.99. The van der Waals surface area contributed by atoms with E-state index in [0.717, 1.165) is 36.1 Å². The second-order valence-electron chi connectivity index (χ2n) is 5.20. The molecule has 110 valence electrons. The minimum atomic E-state index is -0.614. The zero-order chi connectivity index (χ0) is 14.7. The molecular weight excluding hydrogens is 332 g/mol. The molecule has 1 aliphatic rings. The third-order valence-electron chi connectivity index (χ3n) is 3.88. The van der Waals surface area contributed by atoms with Crippen molar-refractivity contribution >= 4 is 27.5 Å². The number of carbonyl (C=O) groups excluding carboxylic acids is 1. The molecule has 2 aromatic rings. The van der Waals surface area contributed by atoms with Crippen molar-refractivity contribution in [1.29, 1.82) is 0 Å². The van der Waals surface area contributed by atoms with Crippen molar-refractivity contribution in [3.63, 3.8) is 0 Å². The molecule has 0 radical (unpaired) electrons. The molecule has 2 heterocycles. The van der Waals surface area contributed by atoms with E-state index in [4.69, 9.17) is 0 Å². The second kappa shape index (κ2) is 5.99. The fourth-order valence-electron chi connectivity index (χ4n) is 2.74. The Morgan fingerprint density at radius 2 is 2.14 bits per heavy atom. The Labute approximate surface area is 131 Å². The molecule has 3 rings (SSSR count). The Kier molecular flexibility index (Phi) is 4.07. The van der Waals surface area contributed by atoms with E-state index in [1.807, 2.05) is 36.5 Å². The van der Waals surface area contributed by atoms with Crippen LogP contribution in [-0.2, 0) is 10.3 Å². The van der Waals surface area contributed by atoms with E-state index < -0.39 is 5.54 Å². The average molecular weight is 349 g/mol. The molecule has 1 fully saturated rings. The van der Waals surface area contributed by atoms with Crippen LogP contribution in [0.1, 0.15) is 12.8 Å². The summed E-state index contributed by atoms with van der Waals surface area (Å²) in [6, 6.07) is 9.48. The van der Waals surface area contributed by atoms with Crippen LogP contribution in [-0.4, -0.2) is 28.8 Å². The summed E-state index contributed by atoms with van der Waals surface area (Å²) in [6.07, 6.45) is 5.05. The van der Waals surface area contributed by atoms with Crippen LogP contribution in [0.5, 0.6) is 0 Å². The first kappa shape index (κ1) is 14.3. The van der Waals surface area contributed by atoms with E-state index in [1.54, 1.807) is 10.9 Å². The van der Waals surface area contributed by atoms with Crippen LogP contribution in [0.3, 0.4) is 0 Å². The minimum absolute atomic E-state index is 0.00852. The molecule has 1 aliphatic heterocycles.